The van der Waals surface area contributed by atoms with Crippen LogP contribution in [0.25, 0.3) is 0 Å². The van der Waals surface area contributed by atoms with E-state index in [1.807, 2.05) is 0 Å². The van der Waals surface area contributed by atoms with Crippen molar-refractivity contribution in [2.45, 2.75) is 26.1 Å². The number of aliphatic hydroxyl groups is 2. The lowest BCUT2D eigenvalue weighted by atomic mass is 10.1. The van der Waals surface area contributed by atoms with Crippen molar-refractivity contribution >= 4 is 11.6 Å². The maximum atomic E-state index is 10.7. The summed E-state index contributed by atoms with van der Waals surface area (Å²) in [5, 5.41) is 32.5. The number of carbonyl (C=O) groups excluding carboxylic acids is 1. The predicted octanol–water partition coefficient (Wildman–Crippen LogP) is -0.171. The molecule has 0 aliphatic heterocycles. The molecule has 0 aliphatic carbocycles. The lowest BCUT2D eigenvalue weighted by Gasteiger charge is -2.18. The Morgan fingerprint density at radius 2 is 2.21 bits per heavy atom. The molecule has 2 atom stereocenters. The number of carbonyl (C=O) groups is 1. The van der Waals surface area contributed by atoms with Gasteiger partial charge in [-0.15, -0.1) is 0 Å². The van der Waals surface area contributed by atoms with E-state index in [0.29, 0.717) is 5.56 Å². The summed E-state index contributed by atoms with van der Waals surface area (Å²) in [7, 11) is 0. The number of hydrogen-bond donors (Lipinski definition) is 3. The average Bonchev–Trinajstić information content (AvgIpc) is 2.34. The molecule has 1 rings (SSSR count). The standard InChI is InChI=1S/C11H15N3O5/c1-6-3-8(14(18)19)4-13-10(6)11(17)9(16)5-12-7(2)15/h3-4,9,11,16-17H,5H2,1-2H3,(H,12,15). The minimum Gasteiger partial charge on any atom is -0.388 e. The molecular formula is C11H15N3O5. The molecule has 0 saturated carbocycles. The summed E-state index contributed by atoms with van der Waals surface area (Å²) in [6, 6.07) is 1.26. The summed E-state index contributed by atoms with van der Waals surface area (Å²) in [6.45, 7) is 2.70. The topological polar surface area (TPSA) is 126 Å². The Morgan fingerprint density at radius 3 is 2.68 bits per heavy atom. The van der Waals surface area contributed by atoms with E-state index in [4.69, 9.17) is 0 Å². The number of aliphatic hydroxyl groups excluding tert-OH is 2. The van der Waals surface area contributed by atoms with E-state index in [-0.39, 0.29) is 23.8 Å². The molecule has 1 aromatic rings. The largest absolute Gasteiger partial charge is 0.388 e. The maximum absolute atomic E-state index is 10.7. The molecule has 0 aliphatic rings. The van der Waals surface area contributed by atoms with E-state index in [9.17, 15) is 25.1 Å². The highest BCUT2D eigenvalue weighted by molar-refractivity contribution is 5.72. The van der Waals surface area contributed by atoms with E-state index >= 15 is 0 Å². The van der Waals surface area contributed by atoms with Gasteiger partial charge in [0.05, 0.1) is 10.6 Å². The molecule has 3 N–H and O–H groups in total. The molecule has 0 aromatic carbocycles. The van der Waals surface area contributed by atoms with Crippen molar-refractivity contribution in [2.24, 2.45) is 0 Å². The SMILES string of the molecule is CC(=O)NCC(O)C(O)c1ncc([N+](=O)[O-])cc1C. The predicted molar refractivity (Wildman–Crippen MR) is 65.3 cm³/mol. The van der Waals surface area contributed by atoms with Crippen LogP contribution in [0.15, 0.2) is 12.3 Å². The summed E-state index contributed by atoms with van der Waals surface area (Å²) in [6.07, 6.45) is -1.55. The van der Waals surface area contributed by atoms with E-state index in [2.05, 4.69) is 10.3 Å². The molecule has 8 heteroatoms. The summed E-state index contributed by atoms with van der Waals surface area (Å²) in [5.74, 6) is -0.334. The van der Waals surface area contributed by atoms with Crippen molar-refractivity contribution < 1.29 is 19.9 Å². The molecule has 0 bridgehead atoms. The van der Waals surface area contributed by atoms with Gasteiger partial charge >= 0.3 is 0 Å². The molecule has 19 heavy (non-hydrogen) atoms. The van der Waals surface area contributed by atoms with Crippen LogP contribution >= 0.6 is 0 Å². The number of rotatable bonds is 5. The van der Waals surface area contributed by atoms with E-state index < -0.39 is 17.1 Å². The van der Waals surface area contributed by atoms with Crippen LogP contribution in [0.1, 0.15) is 24.3 Å². The summed E-state index contributed by atoms with van der Waals surface area (Å²) < 4.78 is 0. The third-order valence-electron chi connectivity index (χ3n) is 2.52. The smallest absolute Gasteiger partial charge is 0.287 e. The van der Waals surface area contributed by atoms with Gasteiger partial charge in [0.2, 0.25) is 5.91 Å². The number of aromatic nitrogens is 1. The maximum Gasteiger partial charge on any atom is 0.287 e. The van der Waals surface area contributed by atoms with Crippen molar-refractivity contribution in [3.8, 4) is 0 Å². The molecular weight excluding hydrogens is 254 g/mol. The van der Waals surface area contributed by atoms with Crippen LogP contribution in [0.2, 0.25) is 0 Å². The van der Waals surface area contributed by atoms with Crippen molar-refractivity contribution in [3.05, 3.63) is 33.6 Å². The number of nitrogens with one attached hydrogen (secondary N) is 1. The van der Waals surface area contributed by atoms with Crippen molar-refractivity contribution in [1.29, 1.82) is 0 Å². The van der Waals surface area contributed by atoms with Crippen LogP contribution < -0.4 is 5.32 Å². The number of hydrogen-bond acceptors (Lipinski definition) is 6. The van der Waals surface area contributed by atoms with Crippen LogP contribution in [0.3, 0.4) is 0 Å². The Morgan fingerprint density at radius 1 is 1.58 bits per heavy atom. The molecule has 1 aromatic heterocycles. The zero-order chi connectivity index (χ0) is 14.6. The fourth-order valence-electron chi connectivity index (χ4n) is 1.52. The highest BCUT2D eigenvalue weighted by Gasteiger charge is 2.23. The summed E-state index contributed by atoms with van der Waals surface area (Å²) in [5.41, 5.74) is 0.344. The van der Waals surface area contributed by atoms with Crippen LogP contribution in [0.4, 0.5) is 5.69 Å². The van der Waals surface area contributed by atoms with Crippen LogP contribution in [0, 0.1) is 17.0 Å². The zero-order valence-corrected chi connectivity index (χ0v) is 10.5. The fraction of sp³-hybridized carbons (Fsp3) is 0.455. The number of aryl methyl sites for hydroxylation is 1. The normalized spacial score (nSPS) is 13.7. The Labute approximate surface area is 109 Å². The van der Waals surface area contributed by atoms with Gasteiger partial charge in [-0.05, 0) is 12.5 Å². The zero-order valence-electron chi connectivity index (χ0n) is 10.5. The molecule has 2 unspecified atom stereocenters. The monoisotopic (exact) mass is 269 g/mol. The molecule has 0 spiro atoms. The lowest BCUT2D eigenvalue weighted by Crippen LogP contribution is -2.34. The van der Waals surface area contributed by atoms with Crippen molar-refractivity contribution in [3.63, 3.8) is 0 Å². The Balaban J connectivity index is 2.84. The first-order valence-electron chi connectivity index (χ1n) is 5.54. The van der Waals surface area contributed by atoms with Gasteiger partial charge in [0.25, 0.3) is 5.69 Å². The molecule has 0 saturated heterocycles. The number of pyridine rings is 1. The van der Waals surface area contributed by atoms with Gasteiger partial charge in [0.15, 0.2) is 0 Å². The summed E-state index contributed by atoms with van der Waals surface area (Å²) in [4.78, 5) is 24.4. The summed E-state index contributed by atoms with van der Waals surface area (Å²) >= 11 is 0. The van der Waals surface area contributed by atoms with Gasteiger partial charge < -0.3 is 15.5 Å². The van der Waals surface area contributed by atoms with Crippen molar-refractivity contribution in [1.82, 2.24) is 10.3 Å². The van der Waals surface area contributed by atoms with Crippen LogP contribution in [-0.4, -0.2) is 38.7 Å². The van der Waals surface area contributed by atoms with Gasteiger partial charge in [0.1, 0.15) is 18.4 Å². The Bertz CT molecular complexity index is 491. The quantitative estimate of drug-likeness (QED) is 0.503. The molecule has 1 heterocycles. The highest BCUT2D eigenvalue weighted by Crippen LogP contribution is 2.21. The second-order valence-corrected chi connectivity index (χ2v) is 4.10. The fourth-order valence-corrected chi connectivity index (χ4v) is 1.52. The second kappa shape index (κ2) is 6.21. The third-order valence-corrected chi connectivity index (χ3v) is 2.52. The van der Waals surface area contributed by atoms with Gasteiger partial charge in [0, 0.05) is 19.5 Å². The number of nitro groups is 1. The first-order chi connectivity index (χ1) is 8.82. The minimum absolute atomic E-state index is 0.130. The van der Waals surface area contributed by atoms with E-state index in [0.717, 1.165) is 6.20 Å². The second-order valence-electron chi connectivity index (χ2n) is 4.10. The van der Waals surface area contributed by atoms with Gasteiger partial charge in [-0.1, -0.05) is 0 Å². The van der Waals surface area contributed by atoms with Crippen LogP contribution in [0.5, 0.6) is 0 Å². The minimum atomic E-state index is -1.33. The Hall–Kier alpha value is -2.06. The molecule has 104 valence electrons. The van der Waals surface area contributed by atoms with Gasteiger partial charge in [-0.2, -0.15) is 0 Å². The molecule has 1 amide bonds. The van der Waals surface area contributed by atoms with E-state index in [1.54, 1.807) is 6.92 Å². The third kappa shape index (κ3) is 3.97. The number of amides is 1. The molecule has 8 nitrogen and oxygen atoms in total. The van der Waals surface area contributed by atoms with E-state index in [1.165, 1.54) is 13.0 Å². The van der Waals surface area contributed by atoms with Crippen molar-refractivity contribution in [2.75, 3.05) is 6.54 Å². The Kier molecular flexibility index (Phi) is 4.90. The molecule has 0 radical (unpaired) electrons. The number of nitrogens with zero attached hydrogens (tertiary/aromatic N) is 2. The lowest BCUT2D eigenvalue weighted by molar-refractivity contribution is -0.385. The average molecular weight is 269 g/mol. The highest BCUT2D eigenvalue weighted by atomic mass is 16.6. The first kappa shape index (κ1) is 15.0. The van der Waals surface area contributed by atoms with Gasteiger partial charge in [-0.3, -0.25) is 19.9 Å². The first-order valence-corrected chi connectivity index (χ1v) is 5.54. The molecule has 0 fully saturated rings. The van der Waals surface area contributed by atoms with Gasteiger partial charge in [-0.25, -0.2) is 0 Å². The van der Waals surface area contributed by atoms with Crippen LogP contribution in [-0.2, 0) is 4.79 Å².